The fourth-order valence-electron chi connectivity index (χ4n) is 3.20. The zero-order valence-corrected chi connectivity index (χ0v) is 17.5. The molecule has 1 heterocycles. The number of morpholine rings is 1. The second-order valence-corrected chi connectivity index (χ2v) is 7.56. The molecule has 0 radical (unpaired) electrons. The molecule has 0 bridgehead atoms. The molecule has 1 aliphatic heterocycles. The highest BCUT2D eigenvalue weighted by molar-refractivity contribution is 5.96. The summed E-state index contributed by atoms with van der Waals surface area (Å²) < 4.78 is 5.38. The summed E-state index contributed by atoms with van der Waals surface area (Å²) in [6, 6.07) is 13.0. The summed E-state index contributed by atoms with van der Waals surface area (Å²) in [6.45, 7) is 5.93. The Morgan fingerprint density at radius 2 is 1.61 bits per heavy atom. The fourth-order valence-corrected chi connectivity index (χ4v) is 3.20. The molecule has 7 heteroatoms. The molecule has 2 atom stereocenters. The van der Waals surface area contributed by atoms with Crippen molar-refractivity contribution >= 4 is 11.9 Å². The number of carboxylic acids is 1. The molecule has 31 heavy (non-hydrogen) atoms. The summed E-state index contributed by atoms with van der Waals surface area (Å²) in [6.07, 6.45) is 0. The van der Waals surface area contributed by atoms with Crippen LogP contribution in [0.5, 0.6) is 0 Å². The Hall–Kier alpha value is -3.18. The van der Waals surface area contributed by atoms with Gasteiger partial charge in [-0.25, -0.2) is 4.79 Å². The highest BCUT2D eigenvalue weighted by Gasteiger charge is 2.24. The first-order valence-electron chi connectivity index (χ1n) is 10.2. The van der Waals surface area contributed by atoms with Gasteiger partial charge in [0.15, 0.2) is 0 Å². The van der Waals surface area contributed by atoms with Crippen LogP contribution in [0.25, 0.3) is 0 Å². The molecule has 0 unspecified atom stereocenters. The Morgan fingerprint density at radius 1 is 1.06 bits per heavy atom. The van der Waals surface area contributed by atoms with E-state index in [4.69, 9.17) is 15.6 Å². The maximum absolute atomic E-state index is 12.3. The fraction of sp³-hybridized carbons (Fsp3) is 0.333. The topological polar surface area (TPSA) is 105 Å². The summed E-state index contributed by atoms with van der Waals surface area (Å²) in [4.78, 5) is 25.8. The SMILES string of the molecule is C[C@@H](N)[C@H](NC(=O)c1ccc(C#Cc2ccc(CN3CCOCC3)cc2)cc1)C(=O)O. The van der Waals surface area contributed by atoms with Crippen molar-refractivity contribution in [3.8, 4) is 11.8 Å². The number of carboxylic acid groups (broad SMARTS) is 1. The van der Waals surface area contributed by atoms with Crippen LogP contribution in [-0.4, -0.2) is 60.3 Å². The third kappa shape index (κ3) is 6.66. The quantitative estimate of drug-likeness (QED) is 0.610. The van der Waals surface area contributed by atoms with E-state index in [0.717, 1.165) is 44.0 Å². The Labute approximate surface area is 182 Å². The standard InChI is InChI=1S/C24H27N3O4/c1-17(25)22(24(29)30)26-23(28)21-10-8-19(9-11-21)3-2-18-4-6-20(7-5-18)16-27-12-14-31-15-13-27/h4-11,17,22H,12-16,25H2,1H3,(H,26,28)(H,29,30)/t17-,22+/m1/s1. The van der Waals surface area contributed by atoms with E-state index >= 15 is 0 Å². The Balaban J connectivity index is 1.58. The van der Waals surface area contributed by atoms with Crippen molar-refractivity contribution in [3.05, 3.63) is 70.8 Å². The summed E-state index contributed by atoms with van der Waals surface area (Å²) in [7, 11) is 0. The number of nitrogens with one attached hydrogen (secondary N) is 1. The van der Waals surface area contributed by atoms with Crippen LogP contribution in [0.1, 0.15) is 34.0 Å². The van der Waals surface area contributed by atoms with E-state index in [1.54, 1.807) is 24.3 Å². The van der Waals surface area contributed by atoms with Crippen LogP contribution in [0.2, 0.25) is 0 Å². The maximum Gasteiger partial charge on any atom is 0.327 e. The van der Waals surface area contributed by atoms with Gasteiger partial charge in [-0.1, -0.05) is 24.0 Å². The molecule has 7 nitrogen and oxygen atoms in total. The van der Waals surface area contributed by atoms with E-state index in [1.165, 1.54) is 12.5 Å². The summed E-state index contributed by atoms with van der Waals surface area (Å²) in [5.74, 6) is 4.56. The van der Waals surface area contributed by atoms with Crippen LogP contribution in [0, 0.1) is 11.8 Å². The lowest BCUT2D eigenvalue weighted by molar-refractivity contribution is -0.139. The van der Waals surface area contributed by atoms with Gasteiger partial charge in [0.25, 0.3) is 5.91 Å². The van der Waals surface area contributed by atoms with Crippen molar-refractivity contribution < 1.29 is 19.4 Å². The van der Waals surface area contributed by atoms with Crippen molar-refractivity contribution in [3.63, 3.8) is 0 Å². The number of aliphatic carboxylic acids is 1. The minimum atomic E-state index is -1.16. The Kier molecular flexibility index (Phi) is 7.79. The van der Waals surface area contributed by atoms with Crippen molar-refractivity contribution in [2.75, 3.05) is 26.3 Å². The van der Waals surface area contributed by atoms with Crippen LogP contribution in [0.3, 0.4) is 0 Å². The van der Waals surface area contributed by atoms with Crippen LogP contribution < -0.4 is 11.1 Å². The lowest BCUT2D eigenvalue weighted by Crippen LogP contribution is -2.51. The van der Waals surface area contributed by atoms with Gasteiger partial charge in [0, 0.05) is 42.4 Å². The normalized spacial score (nSPS) is 15.9. The number of nitrogens with zero attached hydrogens (tertiary/aromatic N) is 1. The second-order valence-electron chi connectivity index (χ2n) is 7.56. The minimum Gasteiger partial charge on any atom is -0.480 e. The number of nitrogens with two attached hydrogens (primary N) is 1. The van der Waals surface area contributed by atoms with Crippen LogP contribution in [0.4, 0.5) is 0 Å². The molecule has 2 aromatic rings. The molecule has 162 valence electrons. The Morgan fingerprint density at radius 3 is 2.13 bits per heavy atom. The van der Waals surface area contributed by atoms with Gasteiger partial charge in [-0.05, 0) is 48.9 Å². The summed E-state index contributed by atoms with van der Waals surface area (Å²) in [5.41, 5.74) is 8.89. The second kappa shape index (κ2) is 10.7. The lowest BCUT2D eigenvalue weighted by Gasteiger charge is -2.26. The predicted molar refractivity (Wildman–Crippen MR) is 117 cm³/mol. The van der Waals surface area contributed by atoms with Crippen molar-refractivity contribution in [2.45, 2.75) is 25.6 Å². The first kappa shape index (κ1) is 22.5. The van der Waals surface area contributed by atoms with Gasteiger partial charge in [-0.3, -0.25) is 9.69 Å². The average molecular weight is 421 g/mol. The Bertz CT molecular complexity index is 953. The third-order valence-electron chi connectivity index (χ3n) is 5.04. The van der Waals surface area contributed by atoms with E-state index in [2.05, 4.69) is 34.2 Å². The predicted octanol–water partition coefficient (Wildman–Crippen LogP) is 1.45. The molecule has 0 spiro atoms. The first-order valence-corrected chi connectivity index (χ1v) is 10.2. The van der Waals surface area contributed by atoms with Crippen molar-refractivity contribution in [2.24, 2.45) is 5.73 Å². The summed E-state index contributed by atoms with van der Waals surface area (Å²) >= 11 is 0. The van der Waals surface area contributed by atoms with Gasteiger partial charge in [-0.15, -0.1) is 0 Å². The molecule has 0 aromatic heterocycles. The smallest absolute Gasteiger partial charge is 0.327 e. The highest BCUT2D eigenvalue weighted by Crippen LogP contribution is 2.09. The van der Waals surface area contributed by atoms with E-state index in [0.29, 0.717) is 5.56 Å². The average Bonchev–Trinajstić information content (AvgIpc) is 2.77. The molecule has 1 fully saturated rings. The number of hydrogen-bond acceptors (Lipinski definition) is 5. The van der Waals surface area contributed by atoms with Crippen LogP contribution >= 0.6 is 0 Å². The molecule has 0 aliphatic carbocycles. The number of carbonyl (C=O) groups excluding carboxylic acids is 1. The maximum atomic E-state index is 12.3. The van der Waals surface area contributed by atoms with Gasteiger partial charge >= 0.3 is 5.97 Å². The minimum absolute atomic E-state index is 0.352. The third-order valence-corrected chi connectivity index (χ3v) is 5.04. The summed E-state index contributed by atoms with van der Waals surface area (Å²) in [5, 5.41) is 11.6. The zero-order valence-electron chi connectivity index (χ0n) is 17.5. The molecule has 1 aliphatic rings. The van der Waals surface area contributed by atoms with Crippen LogP contribution in [-0.2, 0) is 16.1 Å². The van der Waals surface area contributed by atoms with Gasteiger partial charge in [-0.2, -0.15) is 0 Å². The number of carbonyl (C=O) groups is 2. The molecule has 1 saturated heterocycles. The number of benzene rings is 2. The van der Waals surface area contributed by atoms with Gasteiger partial charge in [0.05, 0.1) is 13.2 Å². The first-order chi connectivity index (χ1) is 14.9. The molecule has 0 saturated carbocycles. The van der Waals surface area contributed by atoms with Gasteiger partial charge in [0.1, 0.15) is 6.04 Å². The zero-order chi connectivity index (χ0) is 22.2. The molecule has 3 rings (SSSR count). The molecule has 2 aromatic carbocycles. The monoisotopic (exact) mass is 421 g/mol. The number of hydrogen-bond donors (Lipinski definition) is 3. The van der Waals surface area contributed by atoms with E-state index in [-0.39, 0.29) is 0 Å². The molecule has 1 amide bonds. The number of amides is 1. The van der Waals surface area contributed by atoms with Gasteiger partial charge < -0.3 is 20.9 Å². The number of rotatable bonds is 6. The highest BCUT2D eigenvalue weighted by atomic mass is 16.5. The van der Waals surface area contributed by atoms with E-state index < -0.39 is 24.0 Å². The van der Waals surface area contributed by atoms with Gasteiger partial charge in [0.2, 0.25) is 0 Å². The molecular weight excluding hydrogens is 394 g/mol. The van der Waals surface area contributed by atoms with E-state index in [9.17, 15) is 9.59 Å². The van der Waals surface area contributed by atoms with Crippen molar-refractivity contribution in [1.82, 2.24) is 10.2 Å². The molecule has 4 N–H and O–H groups in total. The van der Waals surface area contributed by atoms with Crippen molar-refractivity contribution in [1.29, 1.82) is 0 Å². The van der Waals surface area contributed by atoms with E-state index in [1.807, 2.05) is 12.1 Å². The lowest BCUT2D eigenvalue weighted by atomic mass is 10.1. The van der Waals surface area contributed by atoms with Crippen LogP contribution in [0.15, 0.2) is 48.5 Å². The molecular formula is C24H27N3O4. The number of ether oxygens (including phenoxy) is 1. The largest absolute Gasteiger partial charge is 0.480 e.